The number of ether oxygens (including phenoxy) is 1. The molecular formula is C28H27N3O2. The maximum atomic E-state index is 13.5. The van der Waals surface area contributed by atoms with E-state index in [-0.39, 0.29) is 11.9 Å². The van der Waals surface area contributed by atoms with E-state index in [0.29, 0.717) is 12.2 Å². The zero-order valence-electron chi connectivity index (χ0n) is 19.1. The lowest BCUT2D eigenvalue weighted by Crippen LogP contribution is -2.31. The van der Waals surface area contributed by atoms with Crippen molar-refractivity contribution in [3.05, 3.63) is 106 Å². The van der Waals surface area contributed by atoms with E-state index in [1.165, 1.54) is 16.7 Å². The van der Waals surface area contributed by atoms with E-state index in [0.717, 1.165) is 34.6 Å². The summed E-state index contributed by atoms with van der Waals surface area (Å²) in [5.41, 5.74) is 8.05. The molecule has 5 heteroatoms. The van der Waals surface area contributed by atoms with Gasteiger partial charge in [0, 0.05) is 17.7 Å². The first-order valence-corrected chi connectivity index (χ1v) is 11.2. The molecule has 0 saturated heterocycles. The molecule has 1 amide bonds. The molecule has 1 N–H and O–H groups in total. The van der Waals surface area contributed by atoms with Crippen LogP contribution in [0.3, 0.4) is 0 Å². The summed E-state index contributed by atoms with van der Waals surface area (Å²) in [6.45, 7) is 4.75. The largest absolute Gasteiger partial charge is 0.497 e. The topological polar surface area (TPSA) is 58.2 Å². The fourth-order valence-electron chi connectivity index (χ4n) is 4.50. The molecule has 1 atom stereocenters. The lowest BCUT2D eigenvalue weighted by molar-refractivity contribution is 0.0746. The second kappa shape index (κ2) is 8.58. The molecule has 1 aromatic heterocycles. The summed E-state index contributed by atoms with van der Waals surface area (Å²) in [6, 6.07) is 24.6. The van der Waals surface area contributed by atoms with Crippen LogP contribution in [-0.2, 0) is 6.42 Å². The van der Waals surface area contributed by atoms with Crippen LogP contribution in [0.4, 0.5) is 0 Å². The number of methoxy groups -OCH3 is 1. The number of aromatic nitrogens is 2. The molecule has 0 radical (unpaired) electrons. The molecule has 0 saturated carbocycles. The molecule has 0 spiro atoms. The smallest absolute Gasteiger partial charge is 0.273 e. The minimum atomic E-state index is -0.179. The van der Waals surface area contributed by atoms with Crippen LogP contribution in [0.15, 0.2) is 72.8 Å². The molecule has 166 valence electrons. The third-order valence-electron chi connectivity index (χ3n) is 6.38. The highest BCUT2D eigenvalue weighted by atomic mass is 16.5. The summed E-state index contributed by atoms with van der Waals surface area (Å²) in [4.78, 5) is 15.5. The van der Waals surface area contributed by atoms with Crippen molar-refractivity contribution >= 4 is 5.91 Å². The zero-order valence-corrected chi connectivity index (χ0v) is 19.1. The van der Waals surface area contributed by atoms with E-state index >= 15 is 0 Å². The number of fused-ring (bicyclic) bond motifs is 1. The summed E-state index contributed by atoms with van der Waals surface area (Å²) >= 11 is 0. The maximum absolute atomic E-state index is 13.5. The van der Waals surface area contributed by atoms with Crippen LogP contribution in [0.2, 0.25) is 0 Å². The predicted molar refractivity (Wildman–Crippen MR) is 130 cm³/mol. The Morgan fingerprint density at radius 2 is 1.55 bits per heavy atom. The number of aryl methyl sites for hydroxylation is 2. The highest BCUT2D eigenvalue weighted by molar-refractivity contribution is 6.00. The number of hydrogen-bond donors (Lipinski definition) is 1. The Balaban J connectivity index is 1.53. The number of benzene rings is 3. The standard InChI is InChI=1S/C28H27N3O2/c1-18-4-10-21(11-5-18)25-24-26(30-29-25)28(32)31(27(24)22-12-6-19(2)7-13-22)17-16-20-8-14-23(33-3)15-9-20/h4-15,27H,16-17H2,1-3H3,(H,29,30). The number of carbonyl (C=O) groups excluding carboxylic acids is 1. The molecule has 33 heavy (non-hydrogen) atoms. The Hall–Kier alpha value is -3.86. The van der Waals surface area contributed by atoms with Crippen molar-refractivity contribution in [2.75, 3.05) is 13.7 Å². The molecule has 1 aliphatic rings. The van der Waals surface area contributed by atoms with E-state index < -0.39 is 0 Å². The minimum Gasteiger partial charge on any atom is -0.497 e. The number of amides is 1. The van der Waals surface area contributed by atoms with Crippen molar-refractivity contribution in [2.45, 2.75) is 26.3 Å². The maximum Gasteiger partial charge on any atom is 0.273 e. The van der Waals surface area contributed by atoms with E-state index in [2.05, 4.69) is 84.7 Å². The number of nitrogens with zero attached hydrogens (tertiary/aromatic N) is 2. The van der Waals surface area contributed by atoms with E-state index in [9.17, 15) is 4.79 Å². The molecule has 1 aliphatic heterocycles. The monoisotopic (exact) mass is 437 g/mol. The van der Waals surface area contributed by atoms with Crippen LogP contribution in [-0.4, -0.2) is 34.7 Å². The number of aromatic amines is 1. The molecule has 0 bridgehead atoms. The minimum absolute atomic E-state index is 0.00468. The molecule has 2 heterocycles. The van der Waals surface area contributed by atoms with Crippen LogP contribution in [0.25, 0.3) is 11.3 Å². The van der Waals surface area contributed by atoms with Gasteiger partial charge in [-0.15, -0.1) is 0 Å². The number of H-pyrrole nitrogens is 1. The van der Waals surface area contributed by atoms with E-state index in [4.69, 9.17) is 4.74 Å². The van der Waals surface area contributed by atoms with Crippen LogP contribution >= 0.6 is 0 Å². The quantitative estimate of drug-likeness (QED) is 0.434. The number of carbonyl (C=O) groups is 1. The lowest BCUT2D eigenvalue weighted by Gasteiger charge is -2.26. The fraction of sp³-hybridized carbons (Fsp3) is 0.214. The molecular weight excluding hydrogens is 410 g/mol. The second-order valence-electron chi connectivity index (χ2n) is 8.64. The van der Waals surface area contributed by atoms with Gasteiger partial charge in [0.15, 0.2) is 0 Å². The molecule has 0 aliphatic carbocycles. The van der Waals surface area contributed by atoms with Crippen LogP contribution in [0.5, 0.6) is 5.75 Å². The first-order valence-electron chi connectivity index (χ1n) is 11.2. The van der Waals surface area contributed by atoms with Crippen molar-refractivity contribution in [2.24, 2.45) is 0 Å². The number of nitrogens with one attached hydrogen (secondary N) is 1. The number of rotatable bonds is 6. The van der Waals surface area contributed by atoms with Crippen molar-refractivity contribution in [1.82, 2.24) is 15.1 Å². The van der Waals surface area contributed by atoms with Gasteiger partial charge in [-0.05, 0) is 43.5 Å². The Morgan fingerprint density at radius 1 is 0.909 bits per heavy atom. The van der Waals surface area contributed by atoms with Crippen LogP contribution < -0.4 is 4.74 Å². The van der Waals surface area contributed by atoms with Crippen LogP contribution in [0.1, 0.15) is 44.3 Å². The van der Waals surface area contributed by atoms with Crippen molar-refractivity contribution in [1.29, 1.82) is 0 Å². The van der Waals surface area contributed by atoms with Gasteiger partial charge in [-0.1, -0.05) is 71.8 Å². The molecule has 4 aromatic rings. The van der Waals surface area contributed by atoms with Crippen molar-refractivity contribution < 1.29 is 9.53 Å². The summed E-state index contributed by atoms with van der Waals surface area (Å²) < 4.78 is 5.27. The Labute approximate surface area is 194 Å². The van der Waals surface area contributed by atoms with Crippen LogP contribution in [0, 0.1) is 13.8 Å². The van der Waals surface area contributed by atoms with Gasteiger partial charge in [0.05, 0.1) is 18.8 Å². The highest BCUT2D eigenvalue weighted by Gasteiger charge is 2.41. The lowest BCUT2D eigenvalue weighted by atomic mass is 9.95. The molecule has 1 unspecified atom stereocenters. The first kappa shape index (κ1) is 21.0. The van der Waals surface area contributed by atoms with Gasteiger partial charge >= 0.3 is 0 Å². The van der Waals surface area contributed by atoms with Gasteiger partial charge in [0.2, 0.25) is 0 Å². The van der Waals surface area contributed by atoms with Gasteiger partial charge in [0.25, 0.3) is 5.91 Å². The zero-order chi connectivity index (χ0) is 22.9. The molecule has 3 aromatic carbocycles. The summed E-state index contributed by atoms with van der Waals surface area (Å²) in [6.07, 6.45) is 0.760. The van der Waals surface area contributed by atoms with Crippen molar-refractivity contribution in [3.63, 3.8) is 0 Å². The summed E-state index contributed by atoms with van der Waals surface area (Å²) in [5, 5.41) is 7.61. The van der Waals surface area contributed by atoms with Gasteiger partial charge in [0.1, 0.15) is 11.4 Å². The molecule has 5 rings (SSSR count). The normalized spacial score (nSPS) is 15.1. The fourth-order valence-corrected chi connectivity index (χ4v) is 4.50. The predicted octanol–water partition coefficient (Wildman–Crippen LogP) is 5.49. The van der Waals surface area contributed by atoms with Gasteiger partial charge in [-0.2, -0.15) is 5.10 Å². The average molecular weight is 438 g/mol. The molecule has 0 fully saturated rings. The Bertz CT molecular complexity index is 1270. The second-order valence-corrected chi connectivity index (χ2v) is 8.64. The average Bonchev–Trinajstić information content (AvgIpc) is 3.38. The highest BCUT2D eigenvalue weighted by Crippen LogP contribution is 2.42. The summed E-state index contributed by atoms with van der Waals surface area (Å²) in [7, 11) is 1.66. The summed E-state index contributed by atoms with van der Waals surface area (Å²) in [5.74, 6) is 0.826. The van der Waals surface area contributed by atoms with Gasteiger partial charge in [-0.25, -0.2) is 0 Å². The number of hydrogen-bond acceptors (Lipinski definition) is 3. The first-order chi connectivity index (χ1) is 16.0. The Morgan fingerprint density at radius 3 is 2.18 bits per heavy atom. The van der Waals surface area contributed by atoms with Gasteiger partial charge in [-0.3, -0.25) is 9.89 Å². The molecule has 5 nitrogen and oxygen atoms in total. The third kappa shape index (κ3) is 3.91. The third-order valence-corrected chi connectivity index (χ3v) is 6.38. The van der Waals surface area contributed by atoms with E-state index in [1.54, 1.807) is 7.11 Å². The van der Waals surface area contributed by atoms with E-state index in [1.807, 2.05) is 17.0 Å². The van der Waals surface area contributed by atoms with Gasteiger partial charge < -0.3 is 9.64 Å². The van der Waals surface area contributed by atoms with Crippen molar-refractivity contribution in [3.8, 4) is 17.0 Å². The SMILES string of the molecule is COc1ccc(CCN2C(=O)c3[nH]nc(-c4ccc(C)cc4)c3C2c2ccc(C)cc2)cc1. The Kier molecular flexibility index (Phi) is 5.47.